The Bertz CT molecular complexity index is 867. The molecule has 2 aromatic carbocycles. The van der Waals surface area contributed by atoms with E-state index in [1.54, 1.807) is 6.20 Å². The number of halogens is 6. The Balaban J connectivity index is 2.23. The van der Waals surface area contributed by atoms with Crippen molar-refractivity contribution in [2.45, 2.75) is 11.5 Å². The third kappa shape index (κ3) is 3.07. The maximum atomic E-state index is 12.8. The molecule has 0 unspecified atom stereocenters. The van der Waals surface area contributed by atoms with Crippen LogP contribution in [0.5, 0.6) is 0 Å². The lowest BCUT2D eigenvalue weighted by Crippen LogP contribution is -2.07. The minimum atomic E-state index is -4.51. The van der Waals surface area contributed by atoms with Gasteiger partial charge in [0.1, 0.15) is 5.69 Å². The average Bonchev–Trinajstić information content (AvgIpc) is 2.88. The molecule has 1 heterocycles. The number of nitrogens with zero attached hydrogens (tertiary/aromatic N) is 2. The molecule has 120 valence electrons. The number of benzene rings is 2. The summed E-state index contributed by atoms with van der Waals surface area (Å²) in [5, 5.41) is 5.46. The Hall–Kier alpha value is -1.24. The van der Waals surface area contributed by atoms with Crippen molar-refractivity contribution in [2.75, 3.05) is 0 Å². The van der Waals surface area contributed by atoms with Gasteiger partial charge in [0.05, 0.1) is 27.3 Å². The highest BCUT2D eigenvalue weighted by atomic mass is 79.9. The summed E-state index contributed by atoms with van der Waals surface area (Å²) in [6.07, 6.45) is -2.90. The predicted molar refractivity (Wildman–Crippen MR) is 88.7 cm³/mol. The van der Waals surface area contributed by atoms with E-state index in [9.17, 15) is 13.2 Å². The summed E-state index contributed by atoms with van der Waals surface area (Å²) < 4.78 is 39.9. The molecule has 8 heteroatoms. The van der Waals surface area contributed by atoms with Crippen LogP contribution in [-0.2, 0) is 11.5 Å². The number of fused-ring (bicyclic) bond motifs is 1. The zero-order valence-electron chi connectivity index (χ0n) is 11.3. The highest BCUT2D eigenvalue weighted by molar-refractivity contribution is 9.08. The molecule has 0 aliphatic heterocycles. The SMILES string of the molecule is FC(F)(F)c1cc(Cl)c(-n2ncc3ccc(CBr)cc32)c(Cl)c1. The number of aromatic nitrogens is 2. The van der Waals surface area contributed by atoms with Crippen LogP contribution in [0.3, 0.4) is 0 Å². The third-order valence-corrected chi connectivity index (χ3v) is 4.57. The molecule has 0 fully saturated rings. The van der Waals surface area contributed by atoms with Crippen LogP contribution in [0.2, 0.25) is 10.0 Å². The fourth-order valence-corrected chi connectivity index (χ4v) is 3.25. The second kappa shape index (κ2) is 6.00. The van der Waals surface area contributed by atoms with E-state index in [2.05, 4.69) is 21.0 Å². The molecule has 0 saturated carbocycles. The molecule has 0 amide bonds. The highest BCUT2D eigenvalue weighted by Gasteiger charge is 2.32. The number of alkyl halides is 4. The molecule has 3 rings (SSSR count). The fraction of sp³-hybridized carbons (Fsp3) is 0.133. The summed E-state index contributed by atoms with van der Waals surface area (Å²) in [5.74, 6) is 0. The Labute approximate surface area is 147 Å². The Kier molecular flexibility index (Phi) is 4.33. The first kappa shape index (κ1) is 16.6. The summed E-state index contributed by atoms with van der Waals surface area (Å²) in [6, 6.07) is 7.39. The first-order chi connectivity index (χ1) is 10.8. The quantitative estimate of drug-likeness (QED) is 0.445. The third-order valence-electron chi connectivity index (χ3n) is 3.35. The van der Waals surface area contributed by atoms with Crippen LogP contribution >= 0.6 is 39.1 Å². The maximum absolute atomic E-state index is 12.8. The van der Waals surface area contributed by atoms with Crippen LogP contribution < -0.4 is 0 Å². The number of hydrogen-bond donors (Lipinski definition) is 0. The number of rotatable bonds is 2. The van der Waals surface area contributed by atoms with Gasteiger partial charge in [-0.1, -0.05) is 51.3 Å². The summed E-state index contributed by atoms with van der Waals surface area (Å²) in [4.78, 5) is 0. The van der Waals surface area contributed by atoms with Gasteiger partial charge in [-0.05, 0) is 23.8 Å². The first-order valence-electron chi connectivity index (χ1n) is 6.40. The maximum Gasteiger partial charge on any atom is 0.416 e. The van der Waals surface area contributed by atoms with Crippen molar-refractivity contribution in [1.82, 2.24) is 9.78 Å². The van der Waals surface area contributed by atoms with Crippen molar-refractivity contribution in [3.63, 3.8) is 0 Å². The van der Waals surface area contributed by atoms with E-state index < -0.39 is 11.7 Å². The van der Waals surface area contributed by atoms with Gasteiger partial charge in [-0.25, -0.2) is 4.68 Å². The van der Waals surface area contributed by atoms with E-state index in [0.717, 1.165) is 23.1 Å². The van der Waals surface area contributed by atoms with Crippen LogP contribution in [0.15, 0.2) is 36.5 Å². The molecule has 0 bridgehead atoms. The molecule has 0 atom stereocenters. The van der Waals surface area contributed by atoms with Gasteiger partial charge in [0.25, 0.3) is 0 Å². The second-order valence-electron chi connectivity index (χ2n) is 4.87. The summed E-state index contributed by atoms with van der Waals surface area (Å²) in [7, 11) is 0. The van der Waals surface area contributed by atoms with Gasteiger partial charge >= 0.3 is 6.18 Å². The zero-order valence-corrected chi connectivity index (χ0v) is 14.4. The van der Waals surface area contributed by atoms with Gasteiger partial charge in [-0.3, -0.25) is 0 Å². The topological polar surface area (TPSA) is 17.8 Å². The van der Waals surface area contributed by atoms with E-state index >= 15 is 0 Å². The molecule has 0 aliphatic carbocycles. The smallest absolute Gasteiger partial charge is 0.230 e. The van der Waals surface area contributed by atoms with Crippen molar-refractivity contribution >= 4 is 50.0 Å². The largest absolute Gasteiger partial charge is 0.416 e. The highest BCUT2D eigenvalue weighted by Crippen LogP contribution is 2.38. The van der Waals surface area contributed by atoms with Gasteiger partial charge in [-0.15, -0.1) is 0 Å². The molecule has 0 radical (unpaired) electrons. The lowest BCUT2D eigenvalue weighted by Gasteiger charge is -2.13. The number of hydrogen-bond acceptors (Lipinski definition) is 1. The summed E-state index contributed by atoms with van der Waals surface area (Å²) >= 11 is 15.5. The Morgan fingerprint density at radius 3 is 2.30 bits per heavy atom. The first-order valence-corrected chi connectivity index (χ1v) is 8.28. The normalized spacial score (nSPS) is 12.1. The Morgan fingerprint density at radius 2 is 1.74 bits per heavy atom. The van der Waals surface area contributed by atoms with Crippen LogP contribution in [0.25, 0.3) is 16.6 Å². The summed E-state index contributed by atoms with van der Waals surface area (Å²) in [6.45, 7) is 0. The lowest BCUT2D eigenvalue weighted by molar-refractivity contribution is -0.137. The monoisotopic (exact) mass is 422 g/mol. The van der Waals surface area contributed by atoms with Crippen molar-refractivity contribution < 1.29 is 13.2 Å². The van der Waals surface area contributed by atoms with Crippen LogP contribution in [0, 0.1) is 0 Å². The molecule has 2 nitrogen and oxygen atoms in total. The second-order valence-corrected chi connectivity index (χ2v) is 6.24. The van der Waals surface area contributed by atoms with Crippen LogP contribution in [0.4, 0.5) is 13.2 Å². The molecule has 0 aliphatic rings. The standard InChI is InChI=1S/C15H8BrCl2F3N2/c16-6-8-1-2-9-7-22-23(13(9)3-8)14-11(17)4-10(5-12(14)18)15(19,20)21/h1-5,7H,6H2. The van der Waals surface area contributed by atoms with E-state index in [0.29, 0.717) is 10.8 Å². The van der Waals surface area contributed by atoms with Gasteiger partial charge in [0, 0.05) is 10.7 Å². The van der Waals surface area contributed by atoms with E-state index in [4.69, 9.17) is 23.2 Å². The van der Waals surface area contributed by atoms with Gasteiger partial charge in [-0.2, -0.15) is 18.3 Å². The van der Waals surface area contributed by atoms with E-state index in [1.807, 2.05) is 18.2 Å². The minimum Gasteiger partial charge on any atom is -0.230 e. The summed E-state index contributed by atoms with van der Waals surface area (Å²) in [5.41, 5.74) is 1.04. The van der Waals surface area contributed by atoms with Crippen LogP contribution in [-0.4, -0.2) is 9.78 Å². The van der Waals surface area contributed by atoms with Crippen molar-refractivity contribution in [3.05, 3.63) is 57.7 Å². The Morgan fingerprint density at radius 1 is 1.09 bits per heavy atom. The van der Waals surface area contributed by atoms with E-state index in [1.165, 1.54) is 4.68 Å². The molecular formula is C15H8BrCl2F3N2. The van der Waals surface area contributed by atoms with Crippen molar-refractivity contribution in [1.29, 1.82) is 0 Å². The molecule has 0 N–H and O–H groups in total. The predicted octanol–water partition coefficient (Wildman–Crippen LogP) is 6.25. The molecule has 1 aromatic heterocycles. The van der Waals surface area contributed by atoms with E-state index in [-0.39, 0.29) is 15.7 Å². The zero-order chi connectivity index (χ0) is 16.8. The molecule has 0 spiro atoms. The molecule has 3 aromatic rings. The molecule has 23 heavy (non-hydrogen) atoms. The lowest BCUT2D eigenvalue weighted by atomic mass is 10.1. The van der Waals surface area contributed by atoms with Gasteiger partial charge in [0.2, 0.25) is 0 Å². The molecular weight excluding hydrogens is 416 g/mol. The average molecular weight is 424 g/mol. The van der Waals surface area contributed by atoms with Gasteiger partial charge in [0.15, 0.2) is 0 Å². The van der Waals surface area contributed by atoms with Crippen molar-refractivity contribution in [2.24, 2.45) is 0 Å². The van der Waals surface area contributed by atoms with Crippen molar-refractivity contribution in [3.8, 4) is 5.69 Å². The molecule has 0 saturated heterocycles. The minimum absolute atomic E-state index is 0.112. The van der Waals surface area contributed by atoms with Gasteiger partial charge < -0.3 is 0 Å². The fourth-order valence-electron chi connectivity index (χ4n) is 2.26. The van der Waals surface area contributed by atoms with Crippen LogP contribution in [0.1, 0.15) is 11.1 Å².